The van der Waals surface area contributed by atoms with E-state index in [2.05, 4.69) is 66.7 Å². The molecular formula is C30H22O2S. The molecule has 1 atom stereocenters. The molecule has 0 saturated heterocycles. The molecule has 0 spiro atoms. The van der Waals surface area contributed by atoms with Crippen molar-refractivity contribution in [1.29, 1.82) is 0 Å². The molecule has 1 aromatic heterocycles. The van der Waals surface area contributed by atoms with Gasteiger partial charge in [-0.1, -0.05) is 103 Å². The first-order valence-corrected chi connectivity index (χ1v) is 11.7. The Labute approximate surface area is 197 Å². The standard InChI is InChI=1S/C15H10O2.C15H12S/c16-13-10-15(11-6-2-1-3-7-11)17-14-9-5-4-8-12(13)14;1-2-6-12(7-3-1)15-11-10-13-8-4-5-9-14(13)16-15/h1-10H;1-11,15H. The Morgan fingerprint density at radius 1 is 0.697 bits per heavy atom. The van der Waals surface area contributed by atoms with Crippen LogP contribution >= 0.6 is 11.8 Å². The molecule has 1 aliphatic heterocycles. The quantitative estimate of drug-likeness (QED) is 0.275. The molecule has 0 N–H and O–H groups in total. The third kappa shape index (κ3) is 4.84. The van der Waals surface area contributed by atoms with Gasteiger partial charge < -0.3 is 4.42 Å². The molecule has 6 rings (SSSR count). The van der Waals surface area contributed by atoms with Crippen molar-refractivity contribution in [2.24, 2.45) is 0 Å². The fourth-order valence-corrected chi connectivity index (χ4v) is 4.92. The zero-order valence-corrected chi connectivity index (χ0v) is 18.7. The number of hydrogen-bond donors (Lipinski definition) is 0. The van der Waals surface area contributed by atoms with Crippen LogP contribution in [0.5, 0.6) is 0 Å². The molecule has 1 unspecified atom stereocenters. The van der Waals surface area contributed by atoms with Crippen LogP contribution in [0.15, 0.2) is 135 Å². The highest BCUT2D eigenvalue weighted by Crippen LogP contribution is 2.42. The normalized spacial score (nSPS) is 14.2. The largest absolute Gasteiger partial charge is 0.456 e. The summed E-state index contributed by atoms with van der Waals surface area (Å²) in [6.07, 6.45) is 4.51. The van der Waals surface area contributed by atoms with Gasteiger partial charge in [-0.3, -0.25) is 4.79 Å². The number of thioether (sulfide) groups is 1. The molecule has 5 aromatic rings. The number of rotatable bonds is 2. The fourth-order valence-electron chi connectivity index (χ4n) is 3.76. The van der Waals surface area contributed by atoms with Crippen molar-refractivity contribution in [3.8, 4) is 11.3 Å². The molecule has 0 bridgehead atoms. The van der Waals surface area contributed by atoms with Gasteiger partial charge in [0.15, 0.2) is 5.43 Å². The van der Waals surface area contributed by atoms with Gasteiger partial charge in [-0.2, -0.15) is 0 Å². The van der Waals surface area contributed by atoms with Crippen LogP contribution < -0.4 is 5.43 Å². The van der Waals surface area contributed by atoms with Crippen molar-refractivity contribution in [3.05, 3.63) is 143 Å². The Morgan fingerprint density at radius 3 is 2.18 bits per heavy atom. The lowest BCUT2D eigenvalue weighted by Gasteiger charge is -2.18. The lowest BCUT2D eigenvalue weighted by Crippen LogP contribution is -1.99. The van der Waals surface area contributed by atoms with Crippen molar-refractivity contribution >= 4 is 28.8 Å². The van der Waals surface area contributed by atoms with Crippen LogP contribution in [-0.2, 0) is 0 Å². The summed E-state index contributed by atoms with van der Waals surface area (Å²) in [6.45, 7) is 0. The van der Waals surface area contributed by atoms with E-state index in [4.69, 9.17) is 4.42 Å². The highest BCUT2D eigenvalue weighted by molar-refractivity contribution is 7.99. The Kier molecular flexibility index (Phi) is 6.23. The van der Waals surface area contributed by atoms with Crippen LogP contribution in [0.4, 0.5) is 0 Å². The van der Waals surface area contributed by atoms with E-state index in [1.54, 1.807) is 6.07 Å². The van der Waals surface area contributed by atoms with Crippen LogP contribution in [-0.4, -0.2) is 0 Å². The third-order valence-electron chi connectivity index (χ3n) is 5.44. The summed E-state index contributed by atoms with van der Waals surface area (Å²) >= 11 is 1.92. The molecule has 0 fully saturated rings. The average molecular weight is 447 g/mol. The van der Waals surface area contributed by atoms with Crippen molar-refractivity contribution in [1.82, 2.24) is 0 Å². The topological polar surface area (TPSA) is 30.2 Å². The number of hydrogen-bond acceptors (Lipinski definition) is 3. The maximum Gasteiger partial charge on any atom is 0.193 e. The monoisotopic (exact) mass is 446 g/mol. The minimum absolute atomic E-state index is 0.00861. The maximum atomic E-state index is 11.9. The molecule has 33 heavy (non-hydrogen) atoms. The first-order valence-electron chi connectivity index (χ1n) is 10.8. The maximum absolute atomic E-state index is 11.9. The lowest BCUT2D eigenvalue weighted by molar-refractivity contribution is 0.619. The molecule has 160 valence electrons. The van der Waals surface area contributed by atoms with Gasteiger partial charge in [-0.25, -0.2) is 0 Å². The number of para-hydroxylation sites is 1. The van der Waals surface area contributed by atoms with E-state index >= 15 is 0 Å². The summed E-state index contributed by atoms with van der Waals surface area (Å²) in [5.41, 5.74) is 4.23. The van der Waals surface area contributed by atoms with E-state index in [0.29, 0.717) is 22.0 Å². The van der Waals surface area contributed by atoms with Crippen LogP contribution in [0, 0.1) is 0 Å². The summed E-state index contributed by atoms with van der Waals surface area (Å²) in [7, 11) is 0. The molecule has 4 aromatic carbocycles. The van der Waals surface area contributed by atoms with Gasteiger partial charge in [0.05, 0.1) is 10.6 Å². The van der Waals surface area contributed by atoms with E-state index in [0.717, 1.165) is 5.56 Å². The Balaban J connectivity index is 0.000000139. The predicted octanol–water partition coefficient (Wildman–Crippen LogP) is 8.01. The molecule has 1 aliphatic rings. The second-order valence-electron chi connectivity index (χ2n) is 7.68. The Hall–Kier alpha value is -3.82. The Morgan fingerprint density at radius 2 is 1.36 bits per heavy atom. The van der Waals surface area contributed by atoms with Crippen molar-refractivity contribution in [3.63, 3.8) is 0 Å². The molecular weight excluding hydrogens is 424 g/mol. The van der Waals surface area contributed by atoms with Gasteiger partial charge in [0, 0.05) is 16.5 Å². The smallest absolute Gasteiger partial charge is 0.193 e. The van der Waals surface area contributed by atoms with Gasteiger partial charge in [0.1, 0.15) is 11.3 Å². The minimum atomic E-state index is -0.00861. The van der Waals surface area contributed by atoms with Gasteiger partial charge in [0.25, 0.3) is 0 Å². The third-order valence-corrected chi connectivity index (χ3v) is 6.75. The Bertz CT molecular complexity index is 1450. The van der Waals surface area contributed by atoms with Crippen LogP contribution in [0.1, 0.15) is 16.4 Å². The summed E-state index contributed by atoms with van der Waals surface area (Å²) < 4.78 is 5.73. The van der Waals surface area contributed by atoms with E-state index in [9.17, 15) is 4.79 Å². The molecule has 2 heterocycles. The van der Waals surface area contributed by atoms with Crippen molar-refractivity contribution in [2.75, 3.05) is 0 Å². The van der Waals surface area contributed by atoms with Crippen LogP contribution in [0.25, 0.3) is 28.4 Å². The first kappa shape index (κ1) is 21.0. The zero-order chi connectivity index (χ0) is 22.5. The highest BCUT2D eigenvalue weighted by atomic mass is 32.2. The van der Waals surface area contributed by atoms with Gasteiger partial charge in [0.2, 0.25) is 0 Å². The summed E-state index contributed by atoms with van der Waals surface area (Å²) in [5, 5.41) is 1.07. The fraction of sp³-hybridized carbons (Fsp3) is 0.0333. The summed E-state index contributed by atoms with van der Waals surface area (Å²) in [6, 6.07) is 37.6. The molecule has 0 radical (unpaired) electrons. The second-order valence-corrected chi connectivity index (χ2v) is 8.87. The van der Waals surface area contributed by atoms with Crippen molar-refractivity contribution in [2.45, 2.75) is 10.1 Å². The van der Waals surface area contributed by atoms with Gasteiger partial charge in [-0.15, -0.1) is 11.8 Å². The minimum Gasteiger partial charge on any atom is -0.456 e. The van der Waals surface area contributed by atoms with Gasteiger partial charge in [-0.05, 0) is 29.3 Å². The summed E-state index contributed by atoms with van der Waals surface area (Å²) in [5.74, 6) is 0.606. The highest BCUT2D eigenvalue weighted by Gasteiger charge is 2.15. The SMILES string of the molecule is C1=CC(c2ccccc2)Sc2ccccc21.O=c1cc(-c2ccccc2)oc2ccccc12. The molecule has 3 heteroatoms. The average Bonchev–Trinajstić information content (AvgIpc) is 2.90. The number of fused-ring (bicyclic) bond motifs is 2. The lowest BCUT2D eigenvalue weighted by atomic mass is 10.1. The number of benzene rings is 4. The van der Waals surface area contributed by atoms with E-state index in [1.165, 1.54) is 22.1 Å². The molecule has 2 nitrogen and oxygen atoms in total. The van der Waals surface area contributed by atoms with E-state index < -0.39 is 0 Å². The molecule has 0 saturated carbocycles. The summed E-state index contributed by atoms with van der Waals surface area (Å²) in [4.78, 5) is 13.3. The van der Waals surface area contributed by atoms with E-state index in [1.807, 2.05) is 60.3 Å². The predicted molar refractivity (Wildman–Crippen MR) is 138 cm³/mol. The van der Waals surface area contributed by atoms with Gasteiger partial charge >= 0.3 is 0 Å². The molecule has 0 amide bonds. The van der Waals surface area contributed by atoms with Crippen LogP contribution in [0.2, 0.25) is 0 Å². The van der Waals surface area contributed by atoms with Crippen molar-refractivity contribution < 1.29 is 4.42 Å². The van der Waals surface area contributed by atoms with E-state index in [-0.39, 0.29) is 5.43 Å². The second kappa shape index (κ2) is 9.76. The zero-order valence-electron chi connectivity index (χ0n) is 17.9. The first-order chi connectivity index (χ1) is 16.3. The molecule has 0 aliphatic carbocycles. The van der Waals surface area contributed by atoms with Crippen LogP contribution in [0.3, 0.4) is 0 Å².